The number of anilines is 1. The van der Waals surface area contributed by atoms with Crippen LogP contribution in [-0.2, 0) is 11.0 Å². The largest absolute Gasteiger partial charge is 0.506 e. The van der Waals surface area contributed by atoms with Crippen molar-refractivity contribution in [2.45, 2.75) is 38.4 Å². The highest BCUT2D eigenvalue weighted by molar-refractivity contribution is 5.92. The van der Waals surface area contributed by atoms with Crippen molar-refractivity contribution in [1.82, 2.24) is 0 Å². The first-order valence-electron chi connectivity index (χ1n) is 5.98. The Kier molecular flexibility index (Phi) is 4.65. The molecule has 0 unspecified atom stereocenters. The van der Waals surface area contributed by atoms with E-state index in [9.17, 15) is 23.1 Å². The Morgan fingerprint density at radius 1 is 1.35 bits per heavy atom. The number of nitrogens with two attached hydrogens (primary N) is 1. The molecule has 4 N–H and O–H groups in total. The van der Waals surface area contributed by atoms with Gasteiger partial charge < -0.3 is 16.2 Å². The second kappa shape index (κ2) is 5.70. The minimum atomic E-state index is -4.54. The predicted octanol–water partition coefficient (Wildman–Crippen LogP) is 2.87. The molecule has 0 radical (unpaired) electrons. The van der Waals surface area contributed by atoms with Gasteiger partial charge in [0, 0.05) is 12.0 Å². The van der Waals surface area contributed by atoms with Crippen LogP contribution in [0.5, 0.6) is 5.75 Å². The number of alkyl halides is 3. The number of aromatic hydroxyl groups is 1. The Morgan fingerprint density at radius 3 is 2.45 bits per heavy atom. The van der Waals surface area contributed by atoms with Crippen LogP contribution in [0.4, 0.5) is 18.9 Å². The average Bonchev–Trinajstić information content (AvgIpc) is 2.27. The fourth-order valence-corrected chi connectivity index (χ4v) is 1.46. The fourth-order valence-electron chi connectivity index (χ4n) is 1.46. The van der Waals surface area contributed by atoms with Crippen molar-refractivity contribution in [3.63, 3.8) is 0 Å². The normalized spacial score (nSPS) is 12.3. The number of phenolic OH excluding ortho intramolecular Hbond substituents is 1. The van der Waals surface area contributed by atoms with E-state index < -0.39 is 28.9 Å². The highest BCUT2D eigenvalue weighted by Crippen LogP contribution is 2.34. The number of halogens is 3. The molecular formula is C13H17F3N2O2. The highest BCUT2D eigenvalue weighted by Gasteiger charge is 2.31. The van der Waals surface area contributed by atoms with Crippen LogP contribution in [0, 0.1) is 0 Å². The Bertz CT molecular complexity index is 493. The molecule has 0 aliphatic heterocycles. The van der Waals surface area contributed by atoms with Gasteiger partial charge in [-0.15, -0.1) is 0 Å². The van der Waals surface area contributed by atoms with Crippen LogP contribution in [0.15, 0.2) is 18.2 Å². The summed E-state index contributed by atoms with van der Waals surface area (Å²) in [4.78, 5) is 11.6. The van der Waals surface area contributed by atoms with E-state index in [0.717, 1.165) is 12.1 Å². The molecule has 0 atom stereocenters. The number of hydrogen-bond acceptors (Lipinski definition) is 3. The monoisotopic (exact) mass is 290 g/mol. The van der Waals surface area contributed by atoms with Crippen LogP contribution < -0.4 is 11.1 Å². The zero-order chi connectivity index (χ0) is 15.6. The second-order valence-electron chi connectivity index (χ2n) is 5.27. The van der Waals surface area contributed by atoms with Gasteiger partial charge in [-0.2, -0.15) is 13.2 Å². The Morgan fingerprint density at radius 2 is 1.95 bits per heavy atom. The number of phenols is 1. The van der Waals surface area contributed by atoms with E-state index in [4.69, 9.17) is 5.73 Å². The topological polar surface area (TPSA) is 75.4 Å². The van der Waals surface area contributed by atoms with Gasteiger partial charge in [-0.25, -0.2) is 0 Å². The summed E-state index contributed by atoms with van der Waals surface area (Å²) < 4.78 is 37.6. The van der Waals surface area contributed by atoms with Gasteiger partial charge in [0.05, 0.1) is 11.3 Å². The third-order valence-corrected chi connectivity index (χ3v) is 2.59. The SMILES string of the molecule is CC(C)(N)CCC(=O)Nc1cc(C(F)(F)F)ccc1O. The summed E-state index contributed by atoms with van der Waals surface area (Å²) in [5, 5.41) is 11.7. The number of amides is 1. The van der Waals surface area contributed by atoms with E-state index in [0.29, 0.717) is 12.5 Å². The van der Waals surface area contributed by atoms with Gasteiger partial charge in [0.2, 0.25) is 5.91 Å². The molecule has 7 heteroatoms. The molecule has 0 bridgehead atoms. The number of rotatable bonds is 4. The molecule has 0 heterocycles. The molecular weight excluding hydrogens is 273 g/mol. The molecule has 0 aromatic heterocycles. The van der Waals surface area contributed by atoms with E-state index in [-0.39, 0.29) is 12.1 Å². The van der Waals surface area contributed by atoms with Crippen molar-refractivity contribution in [3.05, 3.63) is 23.8 Å². The molecule has 112 valence electrons. The zero-order valence-electron chi connectivity index (χ0n) is 11.2. The van der Waals surface area contributed by atoms with Gasteiger partial charge in [0.15, 0.2) is 0 Å². The lowest BCUT2D eigenvalue weighted by Gasteiger charge is -2.18. The van der Waals surface area contributed by atoms with Gasteiger partial charge >= 0.3 is 6.18 Å². The van der Waals surface area contributed by atoms with E-state index in [1.807, 2.05) is 0 Å². The summed E-state index contributed by atoms with van der Waals surface area (Å²) in [7, 11) is 0. The highest BCUT2D eigenvalue weighted by atomic mass is 19.4. The quantitative estimate of drug-likeness (QED) is 0.746. The maximum atomic E-state index is 12.5. The smallest absolute Gasteiger partial charge is 0.416 e. The van der Waals surface area contributed by atoms with Crippen molar-refractivity contribution in [2.24, 2.45) is 5.73 Å². The van der Waals surface area contributed by atoms with E-state index >= 15 is 0 Å². The molecule has 0 saturated heterocycles. The lowest BCUT2D eigenvalue weighted by molar-refractivity contribution is -0.137. The van der Waals surface area contributed by atoms with Gasteiger partial charge in [0.1, 0.15) is 5.75 Å². The Balaban J connectivity index is 2.79. The third kappa shape index (κ3) is 5.08. The number of nitrogens with one attached hydrogen (secondary N) is 1. The Hall–Kier alpha value is -1.76. The van der Waals surface area contributed by atoms with Gasteiger partial charge in [-0.05, 0) is 38.5 Å². The van der Waals surface area contributed by atoms with Crippen LogP contribution in [0.25, 0.3) is 0 Å². The van der Waals surface area contributed by atoms with E-state index in [2.05, 4.69) is 5.32 Å². The van der Waals surface area contributed by atoms with Crippen molar-refractivity contribution in [1.29, 1.82) is 0 Å². The minimum absolute atomic E-state index is 0.0547. The molecule has 0 saturated carbocycles. The minimum Gasteiger partial charge on any atom is -0.506 e. The van der Waals surface area contributed by atoms with Gasteiger partial charge in [-0.3, -0.25) is 4.79 Å². The lowest BCUT2D eigenvalue weighted by atomic mass is 10.00. The average molecular weight is 290 g/mol. The fraction of sp³-hybridized carbons (Fsp3) is 0.462. The molecule has 0 spiro atoms. The number of carbonyl (C=O) groups is 1. The summed E-state index contributed by atoms with van der Waals surface area (Å²) >= 11 is 0. The summed E-state index contributed by atoms with van der Waals surface area (Å²) in [5.74, 6) is -0.920. The maximum absolute atomic E-state index is 12.5. The molecule has 1 aromatic rings. The van der Waals surface area contributed by atoms with Crippen molar-refractivity contribution >= 4 is 11.6 Å². The van der Waals surface area contributed by atoms with Crippen LogP contribution in [0.3, 0.4) is 0 Å². The van der Waals surface area contributed by atoms with Crippen LogP contribution in [0.2, 0.25) is 0 Å². The molecule has 20 heavy (non-hydrogen) atoms. The first kappa shape index (κ1) is 16.3. The number of hydrogen-bond donors (Lipinski definition) is 3. The first-order valence-corrected chi connectivity index (χ1v) is 5.98. The lowest BCUT2D eigenvalue weighted by Crippen LogP contribution is -2.33. The van der Waals surface area contributed by atoms with Gasteiger partial charge in [0.25, 0.3) is 0 Å². The standard InChI is InChI=1S/C13H17F3N2O2/c1-12(2,17)6-5-11(20)18-9-7-8(13(14,15)16)3-4-10(9)19/h3-4,7,19H,5-6,17H2,1-2H3,(H,18,20). The number of carbonyl (C=O) groups excluding carboxylic acids is 1. The van der Waals surface area contributed by atoms with Gasteiger partial charge in [-0.1, -0.05) is 0 Å². The summed E-state index contributed by atoms with van der Waals surface area (Å²) in [5.41, 5.74) is 3.96. The summed E-state index contributed by atoms with van der Waals surface area (Å²) in [6.45, 7) is 3.48. The molecule has 0 aliphatic rings. The van der Waals surface area contributed by atoms with Crippen LogP contribution in [-0.4, -0.2) is 16.6 Å². The van der Waals surface area contributed by atoms with Crippen molar-refractivity contribution in [2.75, 3.05) is 5.32 Å². The second-order valence-corrected chi connectivity index (χ2v) is 5.27. The summed E-state index contributed by atoms with van der Waals surface area (Å²) in [6.07, 6.45) is -4.11. The Labute approximate surface area is 114 Å². The maximum Gasteiger partial charge on any atom is 0.416 e. The first-order chi connectivity index (χ1) is 8.99. The third-order valence-electron chi connectivity index (χ3n) is 2.59. The van der Waals surface area contributed by atoms with E-state index in [1.54, 1.807) is 13.8 Å². The molecule has 4 nitrogen and oxygen atoms in total. The van der Waals surface area contributed by atoms with Crippen LogP contribution in [0.1, 0.15) is 32.3 Å². The molecule has 0 fully saturated rings. The molecule has 0 aliphatic carbocycles. The molecule has 1 rings (SSSR count). The predicted molar refractivity (Wildman–Crippen MR) is 69.2 cm³/mol. The van der Waals surface area contributed by atoms with Crippen molar-refractivity contribution in [3.8, 4) is 5.75 Å². The zero-order valence-corrected chi connectivity index (χ0v) is 11.2. The van der Waals surface area contributed by atoms with E-state index in [1.165, 1.54) is 0 Å². The number of benzene rings is 1. The summed E-state index contributed by atoms with van der Waals surface area (Å²) in [6, 6.07) is 2.33. The van der Waals surface area contributed by atoms with Crippen LogP contribution >= 0.6 is 0 Å². The van der Waals surface area contributed by atoms with Crippen molar-refractivity contribution < 1.29 is 23.1 Å². The molecule has 1 amide bonds. The molecule has 1 aromatic carbocycles.